The number of rotatable bonds is 7. The molecule has 1 aromatic carbocycles. The largest absolute Gasteiger partial charge is 0.478 e. The third-order valence-corrected chi connectivity index (χ3v) is 3.95. The molecule has 0 aliphatic heterocycles. The van der Waals surface area contributed by atoms with Gasteiger partial charge in [0.05, 0.1) is 11.3 Å². The first-order chi connectivity index (χ1) is 9.95. The molecular formula is C15H22N2O3S. The van der Waals surface area contributed by atoms with Crippen LogP contribution in [0.3, 0.4) is 0 Å². The molecule has 0 aliphatic carbocycles. The van der Waals surface area contributed by atoms with Crippen LogP contribution in [0.25, 0.3) is 0 Å². The highest BCUT2D eigenvalue weighted by Crippen LogP contribution is 2.20. The molecule has 0 spiro atoms. The van der Waals surface area contributed by atoms with Crippen molar-refractivity contribution in [3.63, 3.8) is 0 Å². The lowest BCUT2D eigenvalue weighted by Crippen LogP contribution is -2.37. The molecule has 0 radical (unpaired) electrons. The number of benzene rings is 1. The van der Waals surface area contributed by atoms with Gasteiger partial charge in [-0.1, -0.05) is 19.1 Å². The van der Waals surface area contributed by atoms with Gasteiger partial charge in [-0.25, -0.2) is 9.59 Å². The van der Waals surface area contributed by atoms with Crippen LogP contribution in [-0.2, 0) is 0 Å². The zero-order chi connectivity index (χ0) is 15.8. The second-order valence-corrected chi connectivity index (χ2v) is 6.18. The fraction of sp³-hybridized carbons (Fsp3) is 0.467. The maximum absolute atomic E-state index is 12.0. The summed E-state index contributed by atoms with van der Waals surface area (Å²) < 4.78 is 0. The average molecular weight is 310 g/mol. The molecular weight excluding hydrogens is 288 g/mol. The van der Waals surface area contributed by atoms with Gasteiger partial charge in [-0.05, 0) is 43.4 Å². The van der Waals surface area contributed by atoms with Crippen molar-refractivity contribution in [2.75, 3.05) is 16.8 Å². The van der Waals surface area contributed by atoms with Crippen LogP contribution in [0.2, 0.25) is 0 Å². The predicted octanol–water partition coefficient (Wildman–Crippen LogP) is 3.35. The van der Waals surface area contributed by atoms with E-state index in [0.29, 0.717) is 5.69 Å². The normalized spacial score (nSPS) is 11.8. The van der Waals surface area contributed by atoms with Crippen LogP contribution >= 0.6 is 11.8 Å². The molecule has 116 valence electrons. The molecule has 0 aromatic heterocycles. The van der Waals surface area contributed by atoms with Crippen molar-refractivity contribution in [1.29, 1.82) is 0 Å². The summed E-state index contributed by atoms with van der Waals surface area (Å²) in [4.78, 5) is 23.1. The van der Waals surface area contributed by atoms with E-state index in [-0.39, 0.29) is 17.6 Å². The van der Waals surface area contributed by atoms with Crippen LogP contribution in [-0.4, -0.2) is 34.7 Å². The van der Waals surface area contributed by atoms with Gasteiger partial charge in [-0.2, -0.15) is 11.8 Å². The van der Waals surface area contributed by atoms with E-state index in [1.54, 1.807) is 19.1 Å². The molecule has 3 N–H and O–H groups in total. The number of nitrogens with one attached hydrogen (secondary N) is 2. The first-order valence-electron chi connectivity index (χ1n) is 6.93. The maximum atomic E-state index is 12.0. The van der Waals surface area contributed by atoms with Crippen molar-refractivity contribution in [2.24, 2.45) is 0 Å². The first-order valence-corrected chi connectivity index (χ1v) is 8.09. The molecule has 0 aliphatic rings. The minimum absolute atomic E-state index is 0.0429. The molecule has 5 nitrogen and oxygen atoms in total. The van der Waals surface area contributed by atoms with Gasteiger partial charge in [0, 0.05) is 6.04 Å². The number of carboxylic acids is 1. The Hall–Kier alpha value is -1.69. The number of aromatic carboxylic acids is 1. The average Bonchev–Trinajstić information content (AvgIpc) is 2.41. The van der Waals surface area contributed by atoms with Crippen molar-refractivity contribution in [3.05, 3.63) is 29.3 Å². The van der Waals surface area contributed by atoms with Gasteiger partial charge in [0.15, 0.2) is 0 Å². The van der Waals surface area contributed by atoms with Gasteiger partial charge in [-0.15, -0.1) is 0 Å². The van der Waals surface area contributed by atoms with Crippen LogP contribution in [0.15, 0.2) is 18.2 Å². The van der Waals surface area contributed by atoms with E-state index in [2.05, 4.69) is 17.6 Å². The molecule has 0 fully saturated rings. The number of carbonyl (C=O) groups is 2. The number of thioether (sulfide) groups is 1. The molecule has 1 unspecified atom stereocenters. The van der Waals surface area contributed by atoms with Gasteiger partial charge in [-0.3, -0.25) is 0 Å². The Labute approximate surface area is 129 Å². The quantitative estimate of drug-likeness (QED) is 0.675. The minimum Gasteiger partial charge on any atom is -0.478 e. The molecule has 1 aromatic rings. The van der Waals surface area contributed by atoms with Gasteiger partial charge in [0.1, 0.15) is 0 Å². The van der Waals surface area contributed by atoms with Crippen molar-refractivity contribution < 1.29 is 14.7 Å². The van der Waals surface area contributed by atoms with Crippen molar-refractivity contribution in [2.45, 2.75) is 33.2 Å². The summed E-state index contributed by atoms with van der Waals surface area (Å²) in [6.45, 7) is 5.80. The third-order valence-electron chi connectivity index (χ3n) is 3.02. The Morgan fingerprint density at radius 1 is 1.38 bits per heavy atom. The maximum Gasteiger partial charge on any atom is 0.337 e. The topological polar surface area (TPSA) is 78.4 Å². The molecule has 6 heteroatoms. The van der Waals surface area contributed by atoms with Crippen LogP contribution in [0.4, 0.5) is 10.5 Å². The Bertz CT molecular complexity index is 506. The molecule has 0 heterocycles. The summed E-state index contributed by atoms with van der Waals surface area (Å²) in [5, 5.41) is 14.6. The lowest BCUT2D eigenvalue weighted by molar-refractivity contribution is 0.0698. The monoisotopic (exact) mass is 310 g/mol. The smallest absolute Gasteiger partial charge is 0.337 e. The number of amides is 2. The summed E-state index contributed by atoms with van der Waals surface area (Å²) in [7, 11) is 0. The number of hydrogen-bond donors (Lipinski definition) is 3. The summed E-state index contributed by atoms with van der Waals surface area (Å²) >= 11 is 1.83. The lowest BCUT2D eigenvalue weighted by atomic mass is 10.1. The number of hydrogen-bond acceptors (Lipinski definition) is 3. The lowest BCUT2D eigenvalue weighted by Gasteiger charge is -2.16. The highest BCUT2D eigenvalue weighted by atomic mass is 32.2. The zero-order valence-corrected chi connectivity index (χ0v) is 13.4. The van der Waals surface area contributed by atoms with E-state index in [1.165, 1.54) is 6.07 Å². The van der Waals surface area contributed by atoms with Gasteiger partial charge < -0.3 is 15.7 Å². The van der Waals surface area contributed by atoms with E-state index in [9.17, 15) is 9.59 Å². The Balaban J connectivity index is 2.65. The molecule has 2 amide bonds. The van der Waals surface area contributed by atoms with Gasteiger partial charge >= 0.3 is 12.0 Å². The first kappa shape index (κ1) is 17.4. The zero-order valence-electron chi connectivity index (χ0n) is 12.6. The summed E-state index contributed by atoms with van der Waals surface area (Å²) in [6, 6.07) is 4.57. The predicted molar refractivity (Wildman–Crippen MR) is 87.4 cm³/mol. The summed E-state index contributed by atoms with van der Waals surface area (Å²) in [5.41, 5.74) is 1.16. The van der Waals surface area contributed by atoms with Crippen LogP contribution in [0.1, 0.15) is 36.2 Å². The van der Waals surface area contributed by atoms with E-state index in [0.717, 1.165) is 23.5 Å². The third kappa shape index (κ3) is 5.67. The second-order valence-electron chi connectivity index (χ2n) is 4.79. The van der Waals surface area contributed by atoms with Crippen molar-refractivity contribution in [3.8, 4) is 0 Å². The molecule has 0 bridgehead atoms. The number of urea groups is 1. The second kappa shape index (κ2) is 8.56. The summed E-state index contributed by atoms with van der Waals surface area (Å²) in [6.07, 6.45) is 0.880. The Morgan fingerprint density at radius 2 is 2.10 bits per heavy atom. The molecule has 1 atom stereocenters. The number of aryl methyl sites for hydroxylation is 1. The number of carboxylic acid groups (broad SMARTS) is 1. The molecule has 21 heavy (non-hydrogen) atoms. The van der Waals surface area contributed by atoms with E-state index in [4.69, 9.17) is 5.11 Å². The van der Waals surface area contributed by atoms with E-state index in [1.807, 2.05) is 18.7 Å². The standard InChI is InChI=1S/C15H22N2O3S/c1-4-21-9-8-11(3)16-15(20)17-13-10(2)6-5-7-12(13)14(18)19/h5-7,11H,4,8-9H2,1-3H3,(H,18,19)(H2,16,17,20). The fourth-order valence-corrected chi connectivity index (χ4v) is 2.67. The molecule has 1 rings (SSSR count). The Morgan fingerprint density at radius 3 is 2.71 bits per heavy atom. The number of anilines is 1. The van der Waals surface area contributed by atoms with E-state index < -0.39 is 5.97 Å². The molecule has 0 saturated heterocycles. The van der Waals surface area contributed by atoms with Crippen LogP contribution in [0.5, 0.6) is 0 Å². The fourth-order valence-electron chi connectivity index (χ4n) is 1.86. The van der Waals surface area contributed by atoms with Crippen LogP contribution in [0, 0.1) is 6.92 Å². The minimum atomic E-state index is -1.05. The summed E-state index contributed by atoms with van der Waals surface area (Å²) in [5.74, 6) is 0.994. The molecule has 0 saturated carbocycles. The number of para-hydroxylation sites is 1. The highest BCUT2D eigenvalue weighted by Gasteiger charge is 2.15. The Kier molecular flexibility index (Phi) is 7.08. The van der Waals surface area contributed by atoms with Crippen LogP contribution < -0.4 is 10.6 Å². The number of carbonyl (C=O) groups excluding carboxylic acids is 1. The van der Waals surface area contributed by atoms with Crippen molar-refractivity contribution >= 4 is 29.4 Å². The van der Waals surface area contributed by atoms with E-state index >= 15 is 0 Å². The highest BCUT2D eigenvalue weighted by molar-refractivity contribution is 7.99. The SMILES string of the molecule is CCSCCC(C)NC(=O)Nc1c(C)cccc1C(=O)O. The van der Waals surface area contributed by atoms with Gasteiger partial charge in [0.2, 0.25) is 0 Å². The van der Waals surface area contributed by atoms with Gasteiger partial charge in [0.25, 0.3) is 0 Å². The van der Waals surface area contributed by atoms with Crippen molar-refractivity contribution in [1.82, 2.24) is 5.32 Å².